The van der Waals surface area contributed by atoms with E-state index in [9.17, 15) is 4.79 Å². The van der Waals surface area contributed by atoms with Gasteiger partial charge >= 0.3 is 0 Å². The Morgan fingerprint density at radius 1 is 1.35 bits per heavy atom. The summed E-state index contributed by atoms with van der Waals surface area (Å²) in [5, 5.41) is 12.8. The summed E-state index contributed by atoms with van der Waals surface area (Å²) in [4.78, 5) is 11.9. The highest BCUT2D eigenvalue weighted by Gasteiger charge is 2.15. The summed E-state index contributed by atoms with van der Waals surface area (Å²) in [7, 11) is 0. The molecule has 0 aliphatic heterocycles. The zero-order valence-electron chi connectivity index (χ0n) is 10.1. The summed E-state index contributed by atoms with van der Waals surface area (Å²) in [6.07, 6.45) is 0. The summed E-state index contributed by atoms with van der Waals surface area (Å²) >= 11 is 3.36. The molecule has 0 fully saturated rings. The number of carbonyl (C=O) groups excluding carboxylic acids is 1. The molecule has 0 spiro atoms. The highest BCUT2D eigenvalue weighted by Crippen LogP contribution is 2.09. The molecule has 1 rings (SSSR count). The number of hydrogen-bond donors (Lipinski definition) is 2. The second-order valence-electron chi connectivity index (χ2n) is 4.34. The van der Waals surface area contributed by atoms with Crippen LogP contribution in [0.3, 0.4) is 0 Å². The summed E-state index contributed by atoms with van der Waals surface area (Å²) in [6.45, 7) is 3.90. The Labute approximate surface area is 110 Å². The average Bonchev–Trinajstić information content (AvgIpc) is 2.35. The van der Waals surface area contributed by atoms with Gasteiger partial charge in [0.15, 0.2) is 0 Å². The molecule has 0 heterocycles. The van der Waals surface area contributed by atoms with Gasteiger partial charge in [0.1, 0.15) is 0 Å². The summed E-state index contributed by atoms with van der Waals surface area (Å²) < 4.78 is 0. The fourth-order valence-electron chi connectivity index (χ4n) is 1.42. The molecule has 1 unspecified atom stereocenters. The van der Waals surface area contributed by atoms with Crippen molar-refractivity contribution in [1.29, 1.82) is 0 Å². The summed E-state index contributed by atoms with van der Waals surface area (Å²) in [6, 6.07) is 7.21. The van der Waals surface area contributed by atoms with Gasteiger partial charge in [0.25, 0.3) is 5.91 Å². The molecular formula is C13H18BrNO2. The third-order valence-corrected chi connectivity index (χ3v) is 3.34. The number of benzene rings is 1. The monoisotopic (exact) mass is 299 g/mol. The maximum atomic E-state index is 11.9. The first kappa shape index (κ1) is 14.2. The average molecular weight is 300 g/mol. The number of halogens is 1. The Balaban J connectivity index is 2.68. The van der Waals surface area contributed by atoms with Gasteiger partial charge in [-0.25, -0.2) is 0 Å². The van der Waals surface area contributed by atoms with Gasteiger partial charge in [-0.15, -0.1) is 0 Å². The van der Waals surface area contributed by atoms with E-state index in [1.165, 1.54) is 0 Å². The number of nitrogens with one attached hydrogen (secondary N) is 1. The predicted octanol–water partition coefficient (Wildman–Crippen LogP) is 2.33. The van der Waals surface area contributed by atoms with Crippen molar-refractivity contribution < 1.29 is 9.90 Å². The number of aliphatic hydroxyl groups excluding tert-OH is 1. The normalized spacial score (nSPS) is 12.5. The Bertz CT molecular complexity index is 362. The van der Waals surface area contributed by atoms with Crippen molar-refractivity contribution in [3.8, 4) is 0 Å². The number of alkyl halides is 1. The minimum Gasteiger partial charge on any atom is -0.394 e. The number of amides is 1. The topological polar surface area (TPSA) is 49.3 Å². The molecule has 1 atom stereocenters. The quantitative estimate of drug-likeness (QED) is 0.820. The number of rotatable bonds is 5. The van der Waals surface area contributed by atoms with Gasteiger partial charge < -0.3 is 10.4 Å². The standard InChI is InChI=1S/C13H18BrNO2/c1-9(2)12(8-16)15-13(17)11-5-3-10(7-14)4-6-11/h3-6,9,12,16H,7-8H2,1-2H3,(H,15,17). The van der Waals surface area contributed by atoms with Crippen LogP contribution in [0.15, 0.2) is 24.3 Å². The molecule has 1 aromatic rings. The SMILES string of the molecule is CC(C)C(CO)NC(=O)c1ccc(CBr)cc1. The van der Waals surface area contributed by atoms with Crippen LogP contribution in [0.4, 0.5) is 0 Å². The Kier molecular flexibility index (Phi) is 5.65. The zero-order chi connectivity index (χ0) is 12.8. The van der Waals surface area contributed by atoms with E-state index in [-0.39, 0.29) is 24.5 Å². The molecule has 0 aromatic heterocycles. The maximum Gasteiger partial charge on any atom is 0.251 e. The van der Waals surface area contributed by atoms with Gasteiger partial charge in [-0.2, -0.15) is 0 Å². The van der Waals surface area contributed by atoms with Gasteiger partial charge in [-0.1, -0.05) is 41.9 Å². The second-order valence-corrected chi connectivity index (χ2v) is 4.90. The second kappa shape index (κ2) is 6.77. The summed E-state index contributed by atoms with van der Waals surface area (Å²) in [5.74, 6) is 0.0737. The lowest BCUT2D eigenvalue weighted by Gasteiger charge is -2.19. The molecule has 0 aliphatic carbocycles. The Morgan fingerprint density at radius 3 is 2.35 bits per heavy atom. The Hall–Kier alpha value is -0.870. The molecule has 0 radical (unpaired) electrons. The number of aliphatic hydroxyl groups is 1. The lowest BCUT2D eigenvalue weighted by atomic mass is 10.0. The minimum atomic E-state index is -0.196. The molecule has 1 amide bonds. The molecule has 0 aliphatic rings. The van der Waals surface area contributed by atoms with Crippen molar-refractivity contribution in [2.24, 2.45) is 5.92 Å². The molecule has 1 aromatic carbocycles. The van der Waals surface area contributed by atoms with E-state index >= 15 is 0 Å². The molecule has 0 saturated heterocycles. The molecule has 0 bridgehead atoms. The summed E-state index contributed by atoms with van der Waals surface area (Å²) in [5.41, 5.74) is 1.75. The molecular weight excluding hydrogens is 282 g/mol. The van der Waals surface area contributed by atoms with Crippen LogP contribution in [0.1, 0.15) is 29.8 Å². The van der Waals surface area contributed by atoms with Crippen LogP contribution in [-0.4, -0.2) is 23.7 Å². The van der Waals surface area contributed by atoms with Gasteiger partial charge in [0, 0.05) is 10.9 Å². The molecule has 17 heavy (non-hydrogen) atoms. The van der Waals surface area contributed by atoms with E-state index in [0.717, 1.165) is 10.9 Å². The molecule has 4 heteroatoms. The van der Waals surface area contributed by atoms with Gasteiger partial charge in [0.2, 0.25) is 0 Å². The van der Waals surface area contributed by atoms with Crippen LogP contribution in [-0.2, 0) is 5.33 Å². The van der Waals surface area contributed by atoms with E-state index in [0.29, 0.717) is 5.56 Å². The number of carbonyl (C=O) groups is 1. The zero-order valence-corrected chi connectivity index (χ0v) is 11.7. The fraction of sp³-hybridized carbons (Fsp3) is 0.462. The Morgan fingerprint density at radius 2 is 1.94 bits per heavy atom. The van der Waals surface area contributed by atoms with Crippen LogP contribution in [0.2, 0.25) is 0 Å². The van der Waals surface area contributed by atoms with Crippen LogP contribution >= 0.6 is 15.9 Å². The van der Waals surface area contributed by atoms with Gasteiger partial charge in [0.05, 0.1) is 12.6 Å². The van der Waals surface area contributed by atoms with E-state index in [4.69, 9.17) is 5.11 Å². The van der Waals surface area contributed by atoms with Crippen LogP contribution in [0.25, 0.3) is 0 Å². The van der Waals surface area contributed by atoms with E-state index in [1.807, 2.05) is 26.0 Å². The first-order valence-electron chi connectivity index (χ1n) is 5.65. The van der Waals surface area contributed by atoms with E-state index < -0.39 is 0 Å². The van der Waals surface area contributed by atoms with Crippen molar-refractivity contribution in [3.05, 3.63) is 35.4 Å². The van der Waals surface area contributed by atoms with Crippen molar-refractivity contribution in [2.75, 3.05) is 6.61 Å². The predicted molar refractivity (Wildman–Crippen MR) is 72.3 cm³/mol. The first-order valence-corrected chi connectivity index (χ1v) is 6.77. The van der Waals surface area contributed by atoms with Crippen LogP contribution < -0.4 is 5.32 Å². The van der Waals surface area contributed by atoms with Crippen LogP contribution in [0.5, 0.6) is 0 Å². The highest BCUT2D eigenvalue weighted by atomic mass is 79.9. The number of hydrogen-bond acceptors (Lipinski definition) is 2. The first-order chi connectivity index (χ1) is 8.08. The molecule has 94 valence electrons. The van der Waals surface area contributed by atoms with E-state index in [2.05, 4.69) is 21.2 Å². The lowest BCUT2D eigenvalue weighted by Crippen LogP contribution is -2.41. The molecule has 2 N–H and O–H groups in total. The van der Waals surface area contributed by atoms with Crippen LogP contribution in [0, 0.1) is 5.92 Å². The molecule has 3 nitrogen and oxygen atoms in total. The third-order valence-electron chi connectivity index (χ3n) is 2.69. The molecule has 0 saturated carbocycles. The van der Waals surface area contributed by atoms with Crippen molar-refractivity contribution in [1.82, 2.24) is 5.32 Å². The lowest BCUT2D eigenvalue weighted by molar-refractivity contribution is 0.0897. The fourth-order valence-corrected chi connectivity index (χ4v) is 1.79. The van der Waals surface area contributed by atoms with Crippen molar-refractivity contribution >= 4 is 21.8 Å². The van der Waals surface area contributed by atoms with Gasteiger partial charge in [-0.3, -0.25) is 4.79 Å². The van der Waals surface area contributed by atoms with Gasteiger partial charge in [-0.05, 0) is 23.6 Å². The van der Waals surface area contributed by atoms with Crippen molar-refractivity contribution in [3.63, 3.8) is 0 Å². The van der Waals surface area contributed by atoms with Crippen molar-refractivity contribution in [2.45, 2.75) is 25.2 Å². The largest absolute Gasteiger partial charge is 0.394 e. The smallest absolute Gasteiger partial charge is 0.251 e. The maximum absolute atomic E-state index is 11.9. The van der Waals surface area contributed by atoms with E-state index in [1.54, 1.807) is 12.1 Å². The highest BCUT2D eigenvalue weighted by molar-refractivity contribution is 9.08. The third kappa shape index (κ3) is 4.13. The minimum absolute atomic E-state index is 0.0388.